The minimum absolute atomic E-state index is 0. The molecule has 8 heteroatoms. The number of hydrogen-bond donors (Lipinski definition) is 1. The molecule has 0 saturated carbocycles. The van der Waals surface area contributed by atoms with Crippen molar-refractivity contribution in [3.05, 3.63) is 0 Å². The number of aliphatic imine (C=N–C) groups is 1. The summed E-state index contributed by atoms with van der Waals surface area (Å²) in [6.45, 7) is 14.7. The normalized spacial score (nSPS) is 26.6. The van der Waals surface area contributed by atoms with E-state index in [9.17, 15) is 4.79 Å². The molecule has 2 unspecified atom stereocenters. The van der Waals surface area contributed by atoms with Crippen LogP contribution < -0.4 is 5.32 Å². The number of ether oxygens (including phenoxy) is 1. The van der Waals surface area contributed by atoms with Crippen LogP contribution in [-0.2, 0) is 9.53 Å². The highest BCUT2D eigenvalue weighted by Gasteiger charge is 2.31. The van der Waals surface area contributed by atoms with E-state index in [2.05, 4.69) is 35.9 Å². The third-order valence-electron chi connectivity index (χ3n) is 6.21. The fraction of sp³-hybridized carbons (Fsp3) is 0.905. The second-order valence-corrected chi connectivity index (χ2v) is 8.61. The Morgan fingerprint density at radius 2 is 1.83 bits per heavy atom. The maximum Gasteiger partial charge on any atom is 0.251 e. The number of hydrogen-bond acceptors (Lipinski definition) is 4. The lowest BCUT2D eigenvalue weighted by Gasteiger charge is -2.38. The molecular formula is C21H40IN5O2. The van der Waals surface area contributed by atoms with Crippen LogP contribution >= 0.6 is 24.0 Å². The quantitative estimate of drug-likeness (QED) is 0.341. The van der Waals surface area contributed by atoms with Crippen LogP contribution in [-0.4, -0.2) is 97.7 Å². The zero-order valence-electron chi connectivity index (χ0n) is 18.4. The number of nitrogens with one attached hydrogen (secondary N) is 1. The first-order chi connectivity index (χ1) is 13.6. The Bertz CT molecular complexity index is 531. The van der Waals surface area contributed by atoms with E-state index in [-0.39, 0.29) is 36.0 Å². The Balaban J connectivity index is 0.00000300. The number of carbonyl (C=O) groups is 1. The van der Waals surface area contributed by atoms with E-state index in [1.54, 1.807) is 0 Å². The molecule has 1 N–H and O–H groups in total. The second-order valence-electron chi connectivity index (χ2n) is 8.61. The first-order valence-corrected chi connectivity index (χ1v) is 11.3. The Morgan fingerprint density at radius 1 is 1.10 bits per heavy atom. The van der Waals surface area contributed by atoms with E-state index in [0.717, 1.165) is 71.2 Å². The molecule has 29 heavy (non-hydrogen) atoms. The molecule has 0 aromatic heterocycles. The molecule has 168 valence electrons. The monoisotopic (exact) mass is 521 g/mol. The van der Waals surface area contributed by atoms with Crippen molar-refractivity contribution < 1.29 is 9.53 Å². The highest BCUT2D eigenvalue weighted by atomic mass is 127. The molecule has 7 nitrogen and oxygen atoms in total. The van der Waals surface area contributed by atoms with Gasteiger partial charge in [-0.3, -0.25) is 9.79 Å². The molecular weight excluding hydrogens is 481 g/mol. The van der Waals surface area contributed by atoms with Crippen LogP contribution in [0.15, 0.2) is 4.99 Å². The molecule has 3 aliphatic heterocycles. The molecule has 3 saturated heterocycles. The van der Waals surface area contributed by atoms with E-state index in [4.69, 9.17) is 9.73 Å². The van der Waals surface area contributed by atoms with Gasteiger partial charge in [-0.05, 0) is 58.9 Å². The van der Waals surface area contributed by atoms with Crippen LogP contribution in [0.2, 0.25) is 0 Å². The lowest BCUT2D eigenvalue weighted by molar-refractivity contribution is -0.142. The summed E-state index contributed by atoms with van der Waals surface area (Å²) in [7, 11) is 0. The van der Waals surface area contributed by atoms with Crippen molar-refractivity contribution >= 4 is 35.8 Å². The van der Waals surface area contributed by atoms with Gasteiger partial charge in [0.2, 0.25) is 0 Å². The van der Waals surface area contributed by atoms with Crippen molar-refractivity contribution in [2.45, 2.75) is 58.6 Å². The first kappa shape index (κ1) is 24.7. The fourth-order valence-electron chi connectivity index (χ4n) is 4.47. The smallest absolute Gasteiger partial charge is 0.251 e. The second kappa shape index (κ2) is 12.3. The maximum atomic E-state index is 12.6. The Hall–Kier alpha value is -0.610. The summed E-state index contributed by atoms with van der Waals surface area (Å²) in [5.74, 6) is 1.83. The largest absolute Gasteiger partial charge is 0.368 e. The Morgan fingerprint density at radius 3 is 2.45 bits per heavy atom. The van der Waals surface area contributed by atoms with Gasteiger partial charge in [-0.25, -0.2) is 0 Å². The molecule has 3 aliphatic rings. The summed E-state index contributed by atoms with van der Waals surface area (Å²) in [5, 5.41) is 3.46. The minimum atomic E-state index is -0.205. The molecule has 0 spiro atoms. The molecule has 0 aromatic carbocycles. The number of amides is 1. The van der Waals surface area contributed by atoms with Crippen LogP contribution in [0.1, 0.15) is 46.5 Å². The number of carbonyl (C=O) groups excluding carboxylic acids is 1. The summed E-state index contributed by atoms with van der Waals surface area (Å²) >= 11 is 0. The molecule has 3 heterocycles. The van der Waals surface area contributed by atoms with E-state index in [1.807, 2.05) is 4.90 Å². The van der Waals surface area contributed by atoms with E-state index in [0.29, 0.717) is 12.0 Å². The van der Waals surface area contributed by atoms with Crippen LogP contribution in [0.25, 0.3) is 0 Å². The number of likely N-dealkylation sites (tertiary alicyclic amines) is 1. The number of piperidine rings is 1. The number of piperazine rings is 1. The zero-order chi connectivity index (χ0) is 19.9. The van der Waals surface area contributed by atoms with Crippen LogP contribution in [0.5, 0.6) is 0 Å². The van der Waals surface area contributed by atoms with Crippen LogP contribution in [0.3, 0.4) is 0 Å². The van der Waals surface area contributed by atoms with E-state index < -0.39 is 0 Å². The van der Waals surface area contributed by atoms with Gasteiger partial charge >= 0.3 is 0 Å². The zero-order valence-corrected chi connectivity index (χ0v) is 20.8. The van der Waals surface area contributed by atoms with E-state index in [1.165, 1.54) is 19.4 Å². The molecule has 0 aliphatic carbocycles. The summed E-state index contributed by atoms with van der Waals surface area (Å²) in [4.78, 5) is 24.4. The standard InChI is InChI=1S/C21H39N5O2.HI/c1-4-22-21(23-15-18-7-5-9-26(16-18)17(2)3)25-12-10-24(11-13-25)20(27)19-8-6-14-28-19;/h17-19H,4-16H2,1-3H3,(H,22,23);1H. The lowest BCUT2D eigenvalue weighted by atomic mass is 9.97. The van der Waals surface area contributed by atoms with E-state index >= 15 is 0 Å². The predicted molar refractivity (Wildman–Crippen MR) is 128 cm³/mol. The summed E-state index contributed by atoms with van der Waals surface area (Å²) in [5.41, 5.74) is 0. The molecule has 3 rings (SSSR count). The minimum Gasteiger partial charge on any atom is -0.368 e. The van der Waals surface area contributed by atoms with Gasteiger partial charge in [-0.2, -0.15) is 0 Å². The number of guanidine groups is 1. The molecule has 0 radical (unpaired) electrons. The number of rotatable bonds is 5. The molecule has 3 fully saturated rings. The Kier molecular flexibility index (Phi) is 10.5. The van der Waals surface area contributed by atoms with Gasteiger partial charge in [-0.1, -0.05) is 0 Å². The van der Waals surface area contributed by atoms with Crippen LogP contribution in [0, 0.1) is 5.92 Å². The highest BCUT2D eigenvalue weighted by Crippen LogP contribution is 2.19. The molecule has 1 amide bonds. The molecule has 2 atom stereocenters. The van der Waals surface area contributed by atoms with Gasteiger partial charge in [0.15, 0.2) is 5.96 Å². The van der Waals surface area contributed by atoms with Crippen LogP contribution in [0.4, 0.5) is 0 Å². The number of halogens is 1. The van der Waals surface area contributed by atoms with Crippen molar-refractivity contribution in [2.75, 3.05) is 59.0 Å². The Labute approximate surface area is 193 Å². The molecule has 0 aromatic rings. The lowest BCUT2D eigenvalue weighted by Crippen LogP contribution is -2.55. The summed E-state index contributed by atoms with van der Waals surface area (Å²) in [6, 6.07) is 0.620. The third kappa shape index (κ3) is 6.95. The highest BCUT2D eigenvalue weighted by molar-refractivity contribution is 14.0. The topological polar surface area (TPSA) is 60.4 Å². The first-order valence-electron chi connectivity index (χ1n) is 11.3. The van der Waals surface area contributed by atoms with Gasteiger partial charge in [0.25, 0.3) is 5.91 Å². The third-order valence-corrected chi connectivity index (χ3v) is 6.21. The van der Waals surface area contributed by atoms with Gasteiger partial charge in [0.1, 0.15) is 6.10 Å². The van der Waals surface area contributed by atoms with Crippen molar-refractivity contribution in [3.63, 3.8) is 0 Å². The summed E-state index contributed by atoms with van der Waals surface area (Å²) in [6.07, 6.45) is 4.22. The summed E-state index contributed by atoms with van der Waals surface area (Å²) < 4.78 is 5.57. The fourth-order valence-corrected chi connectivity index (χ4v) is 4.47. The molecule has 0 bridgehead atoms. The predicted octanol–water partition coefficient (Wildman–Crippen LogP) is 2.01. The van der Waals surface area contributed by atoms with Gasteiger partial charge < -0.3 is 24.8 Å². The number of nitrogens with zero attached hydrogens (tertiary/aromatic N) is 4. The van der Waals surface area contributed by atoms with Gasteiger partial charge in [-0.15, -0.1) is 24.0 Å². The van der Waals surface area contributed by atoms with Crippen molar-refractivity contribution in [1.82, 2.24) is 20.0 Å². The van der Waals surface area contributed by atoms with Gasteiger partial charge in [0.05, 0.1) is 0 Å². The average Bonchev–Trinajstić information content (AvgIpc) is 3.26. The average molecular weight is 521 g/mol. The maximum absolute atomic E-state index is 12.6. The van der Waals surface area contributed by atoms with Crippen molar-refractivity contribution in [2.24, 2.45) is 10.9 Å². The van der Waals surface area contributed by atoms with Crippen molar-refractivity contribution in [1.29, 1.82) is 0 Å². The SMILES string of the molecule is CCNC(=NCC1CCCN(C(C)C)C1)N1CCN(C(=O)C2CCCO2)CC1.I. The van der Waals surface area contributed by atoms with Crippen molar-refractivity contribution in [3.8, 4) is 0 Å². The van der Waals surface area contributed by atoms with Gasteiger partial charge in [0, 0.05) is 58.5 Å².